The van der Waals surface area contributed by atoms with Gasteiger partial charge in [-0.2, -0.15) is 4.21 Å². The molecule has 0 aliphatic heterocycles. The summed E-state index contributed by atoms with van der Waals surface area (Å²) < 4.78 is 35.2. The van der Waals surface area contributed by atoms with Crippen LogP contribution in [-0.4, -0.2) is 77.2 Å². The Hall–Kier alpha value is -0.920. The Kier molecular flexibility index (Phi) is 19.2. The molecule has 5 saturated carbocycles. The first-order chi connectivity index (χ1) is 26.2. The molecule has 16 heteroatoms. The van der Waals surface area contributed by atoms with E-state index >= 15 is 0 Å². The topological polar surface area (TPSA) is 180 Å². The van der Waals surface area contributed by atoms with E-state index in [1.807, 2.05) is 0 Å². The number of amides is 1. The van der Waals surface area contributed by atoms with Gasteiger partial charge in [-0.1, -0.05) is 13.8 Å². The van der Waals surface area contributed by atoms with Gasteiger partial charge in [-0.25, -0.2) is 15.3 Å². The van der Waals surface area contributed by atoms with Crippen LogP contribution in [0.15, 0.2) is 0 Å². The summed E-state index contributed by atoms with van der Waals surface area (Å²) in [5, 5.41) is 22.1. The summed E-state index contributed by atoms with van der Waals surface area (Å²) in [4.78, 5) is 41.2. The van der Waals surface area contributed by atoms with Crippen molar-refractivity contribution in [3.63, 3.8) is 0 Å². The summed E-state index contributed by atoms with van der Waals surface area (Å²) in [6, 6.07) is 0. The lowest BCUT2D eigenvalue weighted by Crippen LogP contribution is -2.44. The number of hydrogen-bond acceptors (Lipinski definition) is 13. The van der Waals surface area contributed by atoms with Gasteiger partial charge in [0.2, 0.25) is 5.91 Å². The van der Waals surface area contributed by atoms with Gasteiger partial charge in [0.05, 0.1) is 49.5 Å². The molecule has 7 unspecified atom stereocenters. The molecule has 1 amide bonds. The largest absolute Gasteiger partial charge is 0.481 e. The van der Waals surface area contributed by atoms with E-state index in [-0.39, 0.29) is 48.8 Å². The molecule has 5 aliphatic rings. The van der Waals surface area contributed by atoms with Crippen LogP contribution in [-0.2, 0) is 52.4 Å². The van der Waals surface area contributed by atoms with Gasteiger partial charge < -0.3 is 15.3 Å². The van der Waals surface area contributed by atoms with Crippen molar-refractivity contribution >= 4 is 35.6 Å². The molecule has 0 bridgehead atoms. The Labute approximate surface area is 328 Å². The second-order valence-electron chi connectivity index (χ2n) is 17.0. The normalized spacial score (nSPS) is 37.0. The van der Waals surface area contributed by atoms with E-state index in [4.69, 9.17) is 31.9 Å². The number of carbonyl (C=O) groups is 2. The molecule has 312 valence electrons. The van der Waals surface area contributed by atoms with Gasteiger partial charge in [0, 0.05) is 13.1 Å². The zero-order valence-corrected chi connectivity index (χ0v) is 33.9. The third-order valence-electron chi connectivity index (χ3n) is 12.9. The van der Waals surface area contributed by atoms with Gasteiger partial charge in [-0.05, 0) is 151 Å². The van der Waals surface area contributed by atoms with Gasteiger partial charge in [0.1, 0.15) is 0 Å². The van der Waals surface area contributed by atoms with Crippen LogP contribution in [0.4, 0.5) is 0 Å². The van der Waals surface area contributed by atoms with Crippen molar-refractivity contribution in [1.29, 1.82) is 0 Å². The molecular weight excluding hydrogens is 741 g/mol. The van der Waals surface area contributed by atoms with E-state index in [9.17, 15) is 18.9 Å². The van der Waals surface area contributed by atoms with E-state index in [0.29, 0.717) is 69.1 Å². The molecule has 0 aromatic heterocycles. The number of hydroxylamine groups is 1. The minimum absolute atomic E-state index is 0.0126. The molecular formula is C38H66N2O12S2. The summed E-state index contributed by atoms with van der Waals surface area (Å²) >= 11 is -0.995. The highest BCUT2D eigenvalue weighted by Crippen LogP contribution is 2.36. The number of carboxylic acids is 1. The van der Waals surface area contributed by atoms with Crippen LogP contribution in [0, 0.1) is 47.3 Å². The highest BCUT2D eigenvalue weighted by atomic mass is 32.2. The SMILES string of the molecule is CC1CCC(OOSOC2CCC(C(=O)O)C(C(=O)NCC3CCC(CNOCC4CC(OS(=O)OC5CCC(C)CC5)CCC4COO)CC3)C2)CC1. The predicted molar refractivity (Wildman–Crippen MR) is 202 cm³/mol. The molecule has 5 rings (SSSR count). The molecule has 4 N–H and O–H groups in total. The minimum atomic E-state index is -1.78. The van der Waals surface area contributed by atoms with Crippen molar-refractivity contribution in [3.05, 3.63) is 0 Å². The highest BCUT2D eigenvalue weighted by molar-refractivity contribution is 7.89. The van der Waals surface area contributed by atoms with Gasteiger partial charge >= 0.3 is 17.3 Å². The fourth-order valence-electron chi connectivity index (χ4n) is 9.09. The summed E-state index contributed by atoms with van der Waals surface area (Å²) in [7, 11) is 0. The van der Waals surface area contributed by atoms with E-state index in [2.05, 4.69) is 29.5 Å². The maximum Gasteiger partial charge on any atom is 0.307 e. The average molecular weight is 807 g/mol. The summed E-state index contributed by atoms with van der Waals surface area (Å²) in [6.45, 7) is 6.37. The fourth-order valence-corrected chi connectivity index (χ4v) is 10.4. The smallest absolute Gasteiger partial charge is 0.307 e. The van der Waals surface area contributed by atoms with Crippen LogP contribution in [0.5, 0.6) is 0 Å². The summed E-state index contributed by atoms with van der Waals surface area (Å²) in [5.41, 5.74) is 3.16. The molecule has 54 heavy (non-hydrogen) atoms. The molecule has 0 saturated heterocycles. The third-order valence-corrected chi connectivity index (χ3v) is 14.2. The maximum atomic E-state index is 13.3. The molecule has 5 fully saturated rings. The number of aliphatic carboxylic acids is 1. The van der Waals surface area contributed by atoms with Crippen molar-refractivity contribution in [2.24, 2.45) is 47.3 Å². The van der Waals surface area contributed by atoms with E-state index in [1.54, 1.807) is 0 Å². The van der Waals surface area contributed by atoms with Gasteiger partial charge in [0.25, 0.3) is 0 Å². The first-order valence-corrected chi connectivity index (χ1v) is 22.4. The predicted octanol–water partition coefficient (Wildman–Crippen LogP) is 6.87. The molecule has 0 radical (unpaired) electrons. The van der Waals surface area contributed by atoms with Crippen molar-refractivity contribution in [2.75, 3.05) is 26.3 Å². The monoisotopic (exact) mass is 806 g/mol. The second-order valence-corrected chi connectivity index (χ2v) is 18.3. The number of hydrogen-bond donors (Lipinski definition) is 4. The number of carbonyl (C=O) groups excluding carboxylic acids is 1. The molecule has 0 aromatic carbocycles. The lowest BCUT2D eigenvalue weighted by Gasteiger charge is -2.35. The van der Waals surface area contributed by atoms with Crippen molar-refractivity contribution in [1.82, 2.24) is 10.8 Å². The highest BCUT2D eigenvalue weighted by Gasteiger charge is 2.40. The van der Waals surface area contributed by atoms with Crippen LogP contribution < -0.4 is 10.8 Å². The molecule has 5 aliphatic carbocycles. The fraction of sp³-hybridized carbons (Fsp3) is 0.947. The molecule has 14 nitrogen and oxygen atoms in total. The second kappa shape index (κ2) is 23.5. The zero-order valence-electron chi connectivity index (χ0n) is 32.3. The number of rotatable bonds is 20. The molecule has 7 atom stereocenters. The van der Waals surface area contributed by atoms with Crippen molar-refractivity contribution < 1.29 is 55.7 Å². The van der Waals surface area contributed by atoms with Crippen LogP contribution in [0.2, 0.25) is 0 Å². The quantitative estimate of drug-likeness (QED) is 0.0433. The standard InChI is InChI=1S/C38H66N2O12S2/c1-25-3-12-31(13-4-25)48-52-53-49-33-17-18-35(38(42)43)36(20-33)37(41)39-21-27-7-9-28(10-8-27)22-40-46-23-30-19-34(16-11-29(30)24-47-44)51-54(45)50-32-14-5-26(2)6-15-32/h25-36,40,44H,3-24H2,1-2H3,(H,39,41)(H,42,43). The minimum Gasteiger partial charge on any atom is -0.481 e. The first-order valence-electron chi connectivity index (χ1n) is 20.7. The zero-order chi connectivity index (χ0) is 38.3. The Morgan fingerprint density at radius 2 is 1.30 bits per heavy atom. The Bertz CT molecular complexity index is 1130. The maximum absolute atomic E-state index is 13.3. The summed E-state index contributed by atoms with van der Waals surface area (Å²) in [6.07, 6.45) is 15.0. The lowest BCUT2D eigenvalue weighted by molar-refractivity contribution is -0.257. The van der Waals surface area contributed by atoms with Crippen molar-refractivity contribution in [3.8, 4) is 0 Å². The van der Waals surface area contributed by atoms with Crippen LogP contribution >= 0.6 is 12.3 Å². The first kappa shape index (κ1) is 44.2. The Balaban J connectivity index is 0.946. The van der Waals surface area contributed by atoms with Gasteiger partial charge in [-0.15, -0.1) is 4.33 Å². The van der Waals surface area contributed by atoms with Gasteiger partial charge in [0.15, 0.2) is 12.3 Å². The molecule has 0 spiro atoms. The molecule has 0 heterocycles. The Morgan fingerprint density at radius 3 is 1.96 bits per heavy atom. The molecule has 0 aromatic rings. The number of carboxylic acid groups (broad SMARTS) is 1. The van der Waals surface area contributed by atoms with Crippen molar-refractivity contribution in [2.45, 2.75) is 154 Å². The third kappa shape index (κ3) is 14.8. The van der Waals surface area contributed by atoms with E-state index < -0.39 is 29.2 Å². The van der Waals surface area contributed by atoms with Gasteiger partial charge in [-0.3, -0.25) is 27.4 Å². The van der Waals surface area contributed by atoms with E-state index in [1.165, 1.54) is 0 Å². The summed E-state index contributed by atoms with van der Waals surface area (Å²) in [5.74, 6) is -0.191. The lowest BCUT2D eigenvalue weighted by atomic mass is 9.77. The van der Waals surface area contributed by atoms with Crippen LogP contribution in [0.3, 0.4) is 0 Å². The van der Waals surface area contributed by atoms with E-state index in [0.717, 1.165) is 102 Å². The Morgan fingerprint density at radius 1 is 0.685 bits per heavy atom. The number of nitrogens with one attached hydrogen (secondary N) is 2. The van der Waals surface area contributed by atoms with Crippen LogP contribution in [0.25, 0.3) is 0 Å². The van der Waals surface area contributed by atoms with Crippen LogP contribution in [0.1, 0.15) is 129 Å². The average Bonchev–Trinajstić information content (AvgIpc) is 3.17.